The van der Waals surface area contributed by atoms with Gasteiger partial charge in [0.15, 0.2) is 0 Å². The zero-order valence-electron chi connectivity index (χ0n) is 11.9. The Bertz CT molecular complexity index is 689. The third kappa shape index (κ3) is 3.70. The van der Waals surface area contributed by atoms with E-state index in [1.54, 1.807) is 18.2 Å². The van der Waals surface area contributed by atoms with Crippen molar-refractivity contribution in [3.05, 3.63) is 39.2 Å². The number of nitrogens with two attached hydrogens (primary N) is 1. The summed E-state index contributed by atoms with van der Waals surface area (Å²) in [4.78, 5) is 13.3. The summed E-state index contributed by atoms with van der Waals surface area (Å²) < 4.78 is 5.34. The zero-order chi connectivity index (χ0) is 15.8. The predicted octanol–water partition coefficient (Wildman–Crippen LogP) is 5.26. The summed E-state index contributed by atoms with van der Waals surface area (Å²) in [5, 5.41) is 0.899. The molecule has 0 atom stereocenters. The maximum atomic E-state index is 12.1. The Balaban J connectivity index is 2.40. The molecule has 0 aliphatic heterocycles. The molecule has 0 aliphatic rings. The number of carbonyl (C=O) groups is 1. The van der Waals surface area contributed by atoms with E-state index in [9.17, 15) is 4.79 Å². The summed E-state index contributed by atoms with van der Waals surface area (Å²) in [5.41, 5.74) is 6.47. The van der Waals surface area contributed by atoms with E-state index in [4.69, 9.17) is 33.7 Å². The molecule has 0 unspecified atom stereocenters. The van der Waals surface area contributed by atoms with Crippen LogP contribution in [0, 0.1) is 0 Å². The third-order valence-electron chi connectivity index (χ3n) is 2.56. The van der Waals surface area contributed by atoms with Crippen LogP contribution in [0.3, 0.4) is 0 Å². The molecular formula is C15H15Cl2NO2S. The SMILES string of the molecule is CC(C)(C)OC(=O)c1sc(-c2cccc(Cl)c2Cl)cc1N. The van der Waals surface area contributed by atoms with Crippen LogP contribution in [0.25, 0.3) is 10.4 Å². The molecule has 3 nitrogen and oxygen atoms in total. The van der Waals surface area contributed by atoms with Crippen LogP contribution in [0.15, 0.2) is 24.3 Å². The molecule has 2 N–H and O–H groups in total. The minimum atomic E-state index is -0.568. The Morgan fingerprint density at radius 1 is 1.29 bits per heavy atom. The van der Waals surface area contributed by atoms with Crippen molar-refractivity contribution >= 4 is 46.2 Å². The number of benzene rings is 1. The van der Waals surface area contributed by atoms with Crippen LogP contribution in [0.2, 0.25) is 10.0 Å². The quantitative estimate of drug-likeness (QED) is 0.756. The Labute approximate surface area is 137 Å². The minimum Gasteiger partial charge on any atom is -0.456 e. The Hall–Kier alpha value is -1.23. The van der Waals surface area contributed by atoms with Gasteiger partial charge in [0, 0.05) is 10.4 Å². The van der Waals surface area contributed by atoms with Gasteiger partial charge in [0.1, 0.15) is 10.5 Å². The molecule has 0 amide bonds. The molecule has 0 spiro atoms. The third-order valence-corrected chi connectivity index (χ3v) is 4.55. The molecule has 0 aliphatic carbocycles. The Morgan fingerprint density at radius 3 is 2.57 bits per heavy atom. The van der Waals surface area contributed by atoms with Crippen LogP contribution in [0.5, 0.6) is 0 Å². The lowest BCUT2D eigenvalue weighted by molar-refractivity contribution is 0.00764. The number of ether oxygens (including phenoxy) is 1. The number of nitrogen functional groups attached to an aromatic ring is 1. The lowest BCUT2D eigenvalue weighted by Crippen LogP contribution is -2.23. The van der Waals surface area contributed by atoms with Gasteiger partial charge < -0.3 is 10.5 Å². The monoisotopic (exact) mass is 343 g/mol. The van der Waals surface area contributed by atoms with Gasteiger partial charge in [0.2, 0.25) is 0 Å². The van der Waals surface area contributed by atoms with Crippen LogP contribution in [0.4, 0.5) is 5.69 Å². The average molecular weight is 344 g/mol. The molecule has 1 heterocycles. The van der Waals surface area contributed by atoms with Crippen molar-refractivity contribution in [2.45, 2.75) is 26.4 Å². The number of halogens is 2. The second kappa shape index (κ2) is 5.87. The molecular weight excluding hydrogens is 329 g/mol. The molecule has 0 radical (unpaired) electrons. The molecule has 0 saturated carbocycles. The number of carbonyl (C=O) groups excluding carboxylic acids is 1. The number of hydrogen-bond donors (Lipinski definition) is 1. The summed E-state index contributed by atoms with van der Waals surface area (Å²) in [6, 6.07) is 7.05. The smallest absolute Gasteiger partial charge is 0.350 e. The number of rotatable bonds is 2. The lowest BCUT2D eigenvalue weighted by Gasteiger charge is -2.18. The van der Waals surface area contributed by atoms with Gasteiger partial charge in [-0.2, -0.15) is 0 Å². The van der Waals surface area contributed by atoms with Gasteiger partial charge in [-0.25, -0.2) is 4.79 Å². The fourth-order valence-electron chi connectivity index (χ4n) is 1.72. The summed E-state index contributed by atoms with van der Waals surface area (Å²) >= 11 is 13.4. The highest BCUT2D eigenvalue weighted by molar-refractivity contribution is 7.18. The molecule has 0 bridgehead atoms. The van der Waals surface area contributed by atoms with E-state index in [0.717, 1.165) is 10.4 Å². The van der Waals surface area contributed by atoms with E-state index in [1.165, 1.54) is 11.3 Å². The first-order valence-electron chi connectivity index (χ1n) is 6.26. The van der Waals surface area contributed by atoms with Gasteiger partial charge in [-0.15, -0.1) is 11.3 Å². The van der Waals surface area contributed by atoms with Gasteiger partial charge >= 0.3 is 5.97 Å². The van der Waals surface area contributed by atoms with Crippen molar-refractivity contribution in [2.75, 3.05) is 5.73 Å². The maximum Gasteiger partial charge on any atom is 0.350 e. The average Bonchev–Trinajstić information content (AvgIpc) is 2.72. The number of thiophene rings is 1. The van der Waals surface area contributed by atoms with Gasteiger partial charge in [-0.05, 0) is 32.9 Å². The Kier molecular flexibility index (Phi) is 4.51. The van der Waals surface area contributed by atoms with Crippen LogP contribution in [-0.4, -0.2) is 11.6 Å². The number of anilines is 1. The van der Waals surface area contributed by atoms with Crippen LogP contribution in [0.1, 0.15) is 30.4 Å². The van der Waals surface area contributed by atoms with E-state index in [2.05, 4.69) is 0 Å². The van der Waals surface area contributed by atoms with Crippen molar-refractivity contribution in [1.82, 2.24) is 0 Å². The first-order chi connectivity index (χ1) is 9.69. The summed E-state index contributed by atoms with van der Waals surface area (Å²) in [6.07, 6.45) is 0. The lowest BCUT2D eigenvalue weighted by atomic mass is 10.2. The molecule has 0 fully saturated rings. The van der Waals surface area contributed by atoms with Crippen molar-refractivity contribution in [1.29, 1.82) is 0 Å². The molecule has 21 heavy (non-hydrogen) atoms. The van der Waals surface area contributed by atoms with E-state index in [0.29, 0.717) is 20.6 Å². The minimum absolute atomic E-state index is 0.371. The van der Waals surface area contributed by atoms with Crippen molar-refractivity contribution < 1.29 is 9.53 Å². The second-order valence-electron chi connectivity index (χ2n) is 5.50. The van der Waals surface area contributed by atoms with Crippen molar-refractivity contribution in [3.63, 3.8) is 0 Å². The van der Waals surface area contributed by atoms with E-state index in [-0.39, 0.29) is 0 Å². The first-order valence-corrected chi connectivity index (χ1v) is 7.83. The maximum absolute atomic E-state index is 12.1. The van der Waals surface area contributed by atoms with Crippen LogP contribution in [-0.2, 0) is 4.74 Å². The largest absolute Gasteiger partial charge is 0.456 e. The summed E-state index contributed by atoms with van der Waals surface area (Å²) in [7, 11) is 0. The first kappa shape index (κ1) is 16.1. The van der Waals surface area contributed by atoms with Gasteiger partial charge in [-0.1, -0.05) is 35.3 Å². The molecule has 6 heteroatoms. The fourth-order valence-corrected chi connectivity index (χ4v) is 3.16. The van der Waals surface area contributed by atoms with Gasteiger partial charge in [0.25, 0.3) is 0 Å². The highest BCUT2D eigenvalue weighted by Crippen LogP contribution is 2.40. The van der Waals surface area contributed by atoms with E-state index in [1.807, 2.05) is 26.8 Å². The number of hydrogen-bond acceptors (Lipinski definition) is 4. The zero-order valence-corrected chi connectivity index (χ0v) is 14.2. The topological polar surface area (TPSA) is 52.3 Å². The fraction of sp³-hybridized carbons (Fsp3) is 0.267. The normalized spacial score (nSPS) is 11.5. The second-order valence-corrected chi connectivity index (χ2v) is 7.34. The van der Waals surface area contributed by atoms with Crippen molar-refractivity contribution in [2.24, 2.45) is 0 Å². The van der Waals surface area contributed by atoms with Crippen molar-refractivity contribution in [3.8, 4) is 10.4 Å². The molecule has 2 aromatic rings. The number of esters is 1. The van der Waals surface area contributed by atoms with Crippen LogP contribution < -0.4 is 5.73 Å². The summed E-state index contributed by atoms with van der Waals surface area (Å²) in [5.74, 6) is -0.436. The highest BCUT2D eigenvalue weighted by Gasteiger charge is 2.23. The predicted molar refractivity (Wildman–Crippen MR) is 89.4 cm³/mol. The molecule has 2 rings (SSSR count). The van der Waals surface area contributed by atoms with Gasteiger partial charge in [-0.3, -0.25) is 0 Å². The molecule has 1 aromatic heterocycles. The van der Waals surface area contributed by atoms with Gasteiger partial charge in [0.05, 0.1) is 15.7 Å². The van der Waals surface area contributed by atoms with E-state index < -0.39 is 11.6 Å². The molecule has 0 saturated heterocycles. The van der Waals surface area contributed by atoms with E-state index >= 15 is 0 Å². The molecule has 1 aromatic carbocycles. The van der Waals surface area contributed by atoms with Crippen LogP contribution >= 0.6 is 34.5 Å². The Morgan fingerprint density at radius 2 is 1.95 bits per heavy atom. The molecule has 112 valence electrons. The standard InChI is InChI=1S/C15H15Cl2NO2S/c1-15(2,3)20-14(19)13-10(18)7-11(21-13)8-5-4-6-9(16)12(8)17/h4-7H,18H2,1-3H3. The highest BCUT2D eigenvalue weighted by atomic mass is 35.5. The summed E-state index contributed by atoms with van der Waals surface area (Å²) in [6.45, 7) is 5.43.